The van der Waals surface area contributed by atoms with Gasteiger partial charge in [0.05, 0.1) is 16.6 Å². The minimum atomic E-state index is 0.900. The maximum absolute atomic E-state index is 4.84. The summed E-state index contributed by atoms with van der Waals surface area (Å²) < 4.78 is 4.55. The first-order valence-electron chi connectivity index (χ1n) is 11.3. The van der Waals surface area contributed by atoms with E-state index in [0.717, 1.165) is 22.6 Å². The van der Waals surface area contributed by atoms with Crippen LogP contribution >= 0.6 is 0 Å². The first kappa shape index (κ1) is 18.8. The Morgan fingerprint density at radius 1 is 0.618 bits per heavy atom. The van der Waals surface area contributed by atoms with E-state index in [9.17, 15) is 0 Å². The summed E-state index contributed by atoms with van der Waals surface area (Å²) in [4.78, 5) is 8.95. The van der Waals surface area contributed by atoms with Crippen LogP contribution in [-0.2, 0) is 0 Å². The molecule has 4 aromatic heterocycles. The number of fused-ring (bicyclic) bond motifs is 5. The minimum Gasteiger partial charge on any atom is -0.309 e. The number of hydrogen-bond donors (Lipinski definition) is 0. The van der Waals surface area contributed by atoms with Gasteiger partial charge in [-0.25, -0.2) is 4.98 Å². The summed E-state index contributed by atoms with van der Waals surface area (Å²) >= 11 is 0. The maximum Gasteiger partial charge on any atom is 0.137 e. The van der Waals surface area contributed by atoms with Gasteiger partial charge in [0.1, 0.15) is 5.82 Å². The minimum absolute atomic E-state index is 0.900. The van der Waals surface area contributed by atoms with Gasteiger partial charge in [-0.1, -0.05) is 42.5 Å². The number of nitrogens with zero attached hydrogens (tertiary/aromatic N) is 4. The van der Waals surface area contributed by atoms with Gasteiger partial charge in [-0.15, -0.1) is 0 Å². The van der Waals surface area contributed by atoms with Gasteiger partial charge in [0.15, 0.2) is 0 Å². The zero-order valence-corrected chi connectivity index (χ0v) is 18.3. The molecule has 0 unspecified atom stereocenters. The Bertz CT molecular complexity index is 1780. The van der Waals surface area contributed by atoms with Crippen LogP contribution in [0.2, 0.25) is 0 Å². The van der Waals surface area contributed by atoms with Crippen LogP contribution in [0.25, 0.3) is 55.3 Å². The second-order valence-electron chi connectivity index (χ2n) is 8.41. The van der Waals surface area contributed by atoms with Crippen LogP contribution in [0.5, 0.6) is 0 Å². The van der Waals surface area contributed by atoms with Crippen LogP contribution < -0.4 is 0 Å². The molecule has 3 aromatic carbocycles. The smallest absolute Gasteiger partial charge is 0.137 e. The van der Waals surface area contributed by atoms with Gasteiger partial charge < -0.3 is 9.13 Å². The van der Waals surface area contributed by atoms with Crippen molar-refractivity contribution in [3.63, 3.8) is 0 Å². The van der Waals surface area contributed by atoms with Crippen LogP contribution in [0.4, 0.5) is 0 Å². The van der Waals surface area contributed by atoms with Crippen molar-refractivity contribution in [2.24, 2.45) is 0 Å². The van der Waals surface area contributed by atoms with Gasteiger partial charge in [0.2, 0.25) is 0 Å². The van der Waals surface area contributed by atoms with E-state index in [4.69, 9.17) is 4.98 Å². The molecule has 0 bridgehead atoms. The average Bonchev–Trinajstić information content (AvgIpc) is 3.49. The highest BCUT2D eigenvalue weighted by Gasteiger charge is 2.17. The lowest BCUT2D eigenvalue weighted by atomic mass is 10.1. The van der Waals surface area contributed by atoms with Crippen molar-refractivity contribution in [2.45, 2.75) is 0 Å². The summed E-state index contributed by atoms with van der Waals surface area (Å²) in [6.45, 7) is 0. The molecule has 4 nitrogen and oxygen atoms in total. The van der Waals surface area contributed by atoms with E-state index < -0.39 is 0 Å². The molecule has 0 aliphatic heterocycles. The second-order valence-corrected chi connectivity index (χ2v) is 8.41. The van der Waals surface area contributed by atoms with Crippen molar-refractivity contribution >= 4 is 32.7 Å². The van der Waals surface area contributed by atoms with E-state index in [1.807, 2.05) is 30.7 Å². The molecule has 34 heavy (non-hydrogen) atoms. The molecule has 0 N–H and O–H groups in total. The molecule has 160 valence electrons. The van der Waals surface area contributed by atoms with E-state index in [-0.39, 0.29) is 0 Å². The third-order valence-electron chi connectivity index (χ3n) is 6.51. The highest BCUT2D eigenvalue weighted by molar-refractivity contribution is 6.20. The number of benzene rings is 3. The lowest BCUT2D eigenvalue weighted by Gasteiger charge is -2.09. The lowest BCUT2D eigenvalue weighted by molar-refractivity contribution is 1.05. The summed E-state index contributed by atoms with van der Waals surface area (Å²) in [6.07, 6.45) is 7.67. The second kappa shape index (κ2) is 7.42. The summed E-state index contributed by atoms with van der Waals surface area (Å²) in [5, 5.41) is 3.67. The normalized spacial score (nSPS) is 11.5. The molecule has 0 fully saturated rings. The zero-order chi connectivity index (χ0) is 22.5. The van der Waals surface area contributed by atoms with Gasteiger partial charge in [-0.05, 0) is 60.2 Å². The number of hydrogen-bond acceptors (Lipinski definition) is 2. The topological polar surface area (TPSA) is 35.6 Å². The third-order valence-corrected chi connectivity index (χ3v) is 6.51. The molecule has 4 heteroatoms. The Morgan fingerprint density at radius 3 is 2.26 bits per heavy atom. The predicted octanol–water partition coefficient (Wildman–Crippen LogP) is 7.18. The molecule has 0 amide bonds. The van der Waals surface area contributed by atoms with Crippen LogP contribution in [0, 0.1) is 0 Å². The number of para-hydroxylation sites is 2. The summed E-state index contributed by atoms with van der Waals surface area (Å²) in [6, 6.07) is 34.0. The molecular weight excluding hydrogens is 416 g/mol. The Morgan fingerprint density at radius 2 is 1.44 bits per heavy atom. The molecule has 0 aliphatic carbocycles. The summed E-state index contributed by atoms with van der Waals surface area (Å²) in [5.41, 5.74) is 6.91. The van der Waals surface area contributed by atoms with Crippen LogP contribution in [0.15, 0.2) is 122 Å². The van der Waals surface area contributed by atoms with Crippen LogP contribution in [0.1, 0.15) is 0 Å². The average molecular weight is 437 g/mol. The van der Waals surface area contributed by atoms with Gasteiger partial charge in [-0.2, -0.15) is 0 Å². The van der Waals surface area contributed by atoms with Crippen molar-refractivity contribution in [1.29, 1.82) is 0 Å². The molecule has 7 rings (SSSR count). The largest absolute Gasteiger partial charge is 0.309 e. The Balaban J connectivity index is 1.50. The number of pyridine rings is 2. The highest BCUT2D eigenvalue weighted by atomic mass is 15.1. The molecule has 0 spiro atoms. The third kappa shape index (κ3) is 2.79. The van der Waals surface area contributed by atoms with Gasteiger partial charge >= 0.3 is 0 Å². The molecule has 7 aromatic rings. The number of rotatable bonds is 3. The number of aromatic nitrogens is 4. The molecular formula is C30H20N4. The van der Waals surface area contributed by atoms with Crippen molar-refractivity contribution in [3.8, 4) is 22.6 Å². The molecule has 0 radical (unpaired) electrons. The highest BCUT2D eigenvalue weighted by Crippen LogP contribution is 2.37. The Kier molecular flexibility index (Phi) is 4.11. The first-order chi connectivity index (χ1) is 16.9. The fraction of sp³-hybridized carbons (Fsp3) is 0. The van der Waals surface area contributed by atoms with Crippen molar-refractivity contribution in [3.05, 3.63) is 122 Å². The van der Waals surface area contributed by atoms with Crippen molar-refractivity contribution < 1.29 is 0 Å². The zero-order valence-electron chi connectivity index (χ0n) is 18.3. The van der Waals surface area contributed by atoms with E-state index >= 15 is 0 Å². The lowest BCUT2D eigenvalue weighted by Crippen LogP contribution is -1.96. The first-order valence-corrected chi connectivity index (χ1v) is 11.3. The van der Waals surface area contributed by atoms with E-state index in [0.29, 0.717) is 0 Å². The monoisotopic (exact) mass is 436 g/mol. The quantitative estimate of drug-likeness (QED) is 0.294. The van der Waals surface area contributed by atoms with E-state index in [2.05, 4.69) is 105 Å². The molecule has 0 saturated heterocycles. The summed E-state index contributed by atoms with van der Waals surface area (Å²) in [7, 11) is 0. The van der Waals surface area contributed by atoms with Gasteiger partial charge in [0.25, 0.3) is 0 Å². The Labute approximate surface area is 196 Å². The van der Waals surface area contributed by atoms with Gasteiger partial charge in [-0.3, -0.25) is 4.98 Å². The van der Waals surface area contributed by atoms with Crippen molar-refractivity contribution in [1.82, 2.24) is 19.1 Å². The molecule has 4 heterocycles. The van der Waals surface area contributed by atoms with E-state index in [1.54, 1.807) is 0 Å². The Hall–Kier alpha value is -4.70. The van der Waals surface area contributed by atoms with Gasteiger partial charge in [0, 0.05) is 52.2 Å². The van der Waals surface area contributed by atoms with Crippen LogP contribution in [0.3, 0.4) is 0 Å². The van der Waals surface area contributed by atoms with E-state index in [1.165, 1.54) is 32.7 Å². The summed E-state index contributed by atoms with van der Waals surface area (Å²) in [5.74, 6) is 0.900. The predicted molar refractivity (Wildman–Crippen MR) is 139 cm³/mol. The standard InChI is InChI=1S/C30H20N4/c1-2-6-24(7-3-1)34-26-9-5-4-8-25(26)29-27(34)12-10-22-16-19-33(30(22)29)28-13-11-23(20-32-28)21-14-17-31-18-15-21/h1-20H. The molecule has 0 aliphatic rings. The SMILES string of the molecule is c1ccc(-n2c3ccccc3c3c4c(ccc32)ccn4-c2ccc(-c3ccncc3)cn2)cc1. The molecule has 0 atom stereocenters. The fourth-order valence-electron chi connectivity index (χ4n) is 4.97. The maximum atomic E-state index is 4.84. The van der Waals surface area contributed by atoms with Crippen LogP contribution in [-0.4, -0.2) is 19.1 Å². The molecule has 0 saturated carbocycles. The fourth-order valence-corrected chi connectivity index (χ4v) is 4.97. The van der Waals surface area contributed by atoms with Crippen molar-refractivity contribution in [2.75, 3.05) is 0 Å².